The van der Waals surface area contributed by atoms with Gasteiger partial charge in [0, 0.05) is 16.4 Å². The Kier molecular flexibility index (Phi) is 4.01. The highest BCUT2D eigenvalue weighted by atomic mass is 79.9. The van der Waals surface area contributed by atoms with Gasteiger partial charge in [-0.05, 0) is 59.1 Å². The fraction of sp³-hybridized carbons (Fsp3) is 0.154. The highest BCUT2D eigenvalue weighted by Gasteiger charge is 2.18. The molecule has 0 fully saturated rings. The van der Waals surface area contributed by atoms with Crippen molar-refractivity contribution in [3.8, 4) is 0 Å². The minimum atomic E-state index is -3.71. The summed E-state index contributed by atoms with van der Waals surface area (Å²) in [6.45, 7) is 3.50. The van der Waals surface area contributed by atoms with Crippen molar-refractivity contribution < 1.29 is 8.42 Å². The van der Waals surface area contributed by atoms with E-state index in [2.05, 4.69) is 25.6 Å². The average molecular weight is 356 g/mol. The molecule has 0 radical (unpaired) electrons. The zero-order valence-corrected chi connectivity index (χ0v) is 13.4. The highest BCUT2D eigenvalue weighted by Crippen LogP contribution is 2.23. The number of nitrogens with one attached hydrogen (secondary N) is 1. The van der Waals surface area contributed by atoms with Gasteiger partial charge in [-0.25, -0.2) is 13.4 Å². The molecule has 0 spiro atoms. The third-order valence-electron chi connectivity index (χ3n) is 2.78. The number of benzene rings is 1. The summed E-state index contributed by atoms with van der Waals surface area (Å²) in [5.41, 5.74) is 7.41. The number of aromatic nitrogens is 1. The van der Waals surface area contributed by atoms with E-state index >= 15 is 0 Å². The molecule has 0 amide bonds. The maximum atomic E-state index is 12.4. The lowest BCUT2D eigenvalue weighted by Crippen LogP contribution is -2.16. The van der Waals surface area contributed by atoms with E-state index in [1.54, 1.807) is 32.0 Å². The molecule has 2 aromatic rings. The van der Waals surface area contributed by atoms with Crippen LogP contribution >= 0.6 is 15.9 Å². The minimum Gasteiger partial charge on any atom is -0.399 e. The number of nitrogen functional groups attached to an aromatic ring is 1. The van der Waals surface area contributed by atoms with Gasteiger partial charge in [-0.2, -0.15) is 0 Å². The van der Waals surface area contributed by atoms with Crippen molar-refractivity contribution in [1.29, 1.82) is 0 Å². The first-order chi connectivity index (χ1) is 9.29. The number of nitrogens with two attached hydrogens (primary N) is 1. The van der Waals surface area contributed by atoms with Crippen molar-refractivity contribution in [1.82, 2.24) is 4.98 Å². The molecule has 0 bridgehead atoms. The monoisotopic (exact) mass is 355 g/mol. The lowest BCUT2D eigenvalue weighted by atomic mass is 10.2. The molecule has 0 aliphatic carbocycles. The van der Waals surface area contributed by atoms with Gasteiger partial charge in [0.1, 0.15) is 5.82 Å². The number of sulfonamides is 1. The molecule has 1 aromatic heterocycles. The summed E-state index contributed by atoms with van der Waals surface area (Å²) in [6, 6.07) is 6.56. The molecule has 3 N–H and O–H groups in total. The topological polar surface area (TPSA) is 85.1 Å². The van der Waals surface area contributed by atoms with E-state index < -0.39 is 10.0 Å². The Morgan fingerprint density at radius 2 is 1.90 bits per heavy atom. The zero-order valence-electron chi connectivity index (χ0n) is 11.0. The molecule has 0 saturated carbocycles. The van der Waals surface area contributed by atoms with Gasteiger partial charge in [-0.3, -0.25) is 4.72 Å². The number of pyridine rings is 1. The van der Waals surface area contributed by atoms with Gasteiger partial charge in [-0.15, -0.1) is 0 Å². The maximum absolute atomic E-state index is 12.4. The van der Waals surface area contributed by atoms with E-state index in [1.807, 2.05) is 0 Å². The van der Waals surface area contributed by atoms with Gasteiger partial charge >= 0.3 is 0 Å². The molecule has 0 aliphatic heterocycles. The number of rotatable bonds is 3. The number of hydrogen-bond donors (Lipinski definition) is 2. The largest absolute Gasteiger partial charge is 0.399 e. The second kappa shape index (κ2) is 5.41. The molecule has 0 unspecified atom stereocenters. The predicted octanol–water partition coefficient (Wildman–Crippen LogP) is 2.84. The Morgan fingerprint density at radius 3 is 2.55 bits per heavy atom. The second-order valence-electron chi connectivity index (χ2n) is 4.45. The fourth-order valence-corrected chi connectivity index (χ4v) is 3.54. The van der Waals surface area contributed by atoms with Crippen LogP contribution in [0, 0.1) is 13.8 Å². The van der Waals surface area contributed by atoms with E-state index in [0.29, 0.717) is 17.1 Å². The van der Waals surface area contributed by atoms with E-state index in [0.717, 1.165) is 10.0 Å². The Hall–Kier alpha value is -1.60. The molecule has 20 heavy (non-hydrogen) atoms. The van der Waals surface area contributed by atoms with Crippen molar-refractivity contribution in [2.75, 3.05) is 10.5 Å². The van der Waals surface area contributed by atoms with Crippen LogP contribution in [0.1, 0.15) is 11.1 Å². The van der Waals surface area contributed by atoms with Crippen molar-refractivity contribution in [2.24, 2.45) is 0 Å². The third kappa shape index (κ3) is 3.10. The quantitative estimate of drug-likeness (QED) is 0.829. The number of anilines is 2. The van der Waals surface area contributed by atoms with Gasteiger partial charge < -0.3 is 5.73 Å². The van der Waals surface area contributed by atoms with Crippen molar-refractivity contribution in [3.05, 3.63) is 46.1 Å². The van der Waals surface area contributed by atoms with Crippen LogP contribution in [-0.4, -0.2) is 13.4 Å². The molecular weight excluding hydrogens is 342 g/mol. The number of hydrogen-bond acceptors (Lipinski definition) is 4. The Balaban J connectivity index is 2.43. The smallest absolute Gasteiger partial charge is 0.263 e. The summed E-state index contributed by atoms with van der Waals surface area (Å²) in [6.07, 6.45) is 1.54. The second-order valence-corrected chi connectivity index (χ2v) is 7.02. The van der Waals surface area contributed by atoms with Crippen molar-refractivity contribution in [3.63, 3.8) is 0 Å². The van der Waals surface area contributed by atoms with Gasteiger partial charge in [0.15, 0.2) is 0 Å². The molecule has 0 saturated heterocycles. The van der Waals surface area contributed by atoms with Crippen molar-refractivity contribution in [2.45, 2.75) is 18.7 Å². The van der Waals surface area contributed by atoms with E-state index in [-0.39, 0.29) is 4.90 Å². The van der Waals surface area contributed by atoms with Gasteiger partial charge in [0.2, 0.25) is 0 Å². The number of halogens is 1. The maximum Gasteiger partial charge on any atom is 0.263 e. The first-order valence-electron chi connectivity index (χ1n) is 5.81. The molecule has 5 nitrogen and oxygen atoms in total. The van der Waals surface area contributed by atoms with E-state index in [4.69, 9.17) is 5.73 Å². The highest BCUT2D eigenvalue weighted by molar-refractivity contribution is 9.10. The summed E-state index contributed by atoms with van der Waals surface area (Å²) in [5, 5.41) is 0. The lowest BCUT2D eigenvalue weighted by molar-refractivity contribution is 0.600. The van der Waals surface area contributed by atoms with Gasteiger partial charge in [-0.1, -0.05) is 6.07 Å². The SMILES string of the molecule is Cc1ccc(N)cc1S(=O)(=O)Nc1ncc(Br)cc1C. The van der Waals surface area contributed by atoms with Gasteiger partial charge in [0.25, 0.3) is 10.0 Å². The molecule has 1 aromatic carbocycles. The molecule has 1 heterocycles. The molecular formula is C13H14BrN3O2S. The summed E-state index contributed by atoms with van der Waals surface area (Å²) in [7, 11) is -3.71. The summed E-state index contributed by atoms with van der Waals surface area (Å²) in [4.78, 5) is 4.23. The minimum absolute atomic E-state index is 0.154. The fourth-order valence-electron chi connectivity index (χ4n) is 1.74. The average Bonchev–Trinajstić information content (AvgIpc) is 2.35. The summed E-state index contributed by atoms with van der Waals surface area (Å²) in [5.74, 6) is 0.301. The molecule has 106 valence electrons. The Morgan fingerprint density at radius 1 is 1.20 bits per heavy atom. The number of nitrogens with zero attached hydrogens (tertiary/aromatic N) is 1. The van der Waals surface area contributed by atoms with Crippen LogP contribution in [-0.2, 0) is 10.0 Å². The van der Waals surface area contributed by atoms with E-state index in [1.165, 1.54) is 12.3 Å². The zero-order chi connectivity index (χ0) is 14.9. The van der Waals surface area contributed by atoms with Crippen LogP contribution in [0.3, 0.4) is 0 Å². The van der Waals surface area contributed by atoms with Crippen LogP contribution in [0.4, 0.5) is 11.5 Å². The van der Waals surface area contributed by atoms with E-state index in [9.17, 15) is 8.42 Å². The lowest BCUT2D eigenvalue weighted by Gasteiger charge is -2.12. The predicted molar refractivity (Wildman–Crippen MR) is 83.1 cm³/mol. The first-order valence-corrected chi connectivity index (χ1v) is 8.08. The number of aryl methyl sites for hydroxylation is 2. The summed E-state index contributed by atoms with van der Waals surface area (Å²) < 4.78 is 28.1. The van der Waals surface area contributed by atoms with Gasteiger partial charge in [0.05, 0.1) is 4.90 Å². The molecule has 7 heteroatoms. The molecule has 0 atom stereocenters. The van der Waals surface area contributed by atoms with Crippen LogP contribution in [0.2, 0.25) is 0 Å². The molecule has 2 rings (SSSR count). The van der Waals surface area contributed by atoms with Crippen LogP contribution in [0.5, 0.6) is 0 Å². The Bertz CT molecular complexity index is 760. The van der Waals surface area contributed by atoms with Crippen LogP contribution in [0.15, 0.2) is 39.8 Å². The standard InChI is InChI=1S/C13H14BrN3O2S/c1-8-3-4-11(15)6-12(8)20(18,19)17-13-9(2)5-10(14)7-16-13/h3-7H,15H2,1-2H3,(H,16,17). The normalized spacial score (nSPS) is 11.3. The van der Waals surface area contributed by atoms with Crippen LogP contribution < -0.4 is 10.5 Å². The molecule has 0 aliphatic rings. The van der Waals surface area contributed by atoms with Crippen molar-refractivity contribution >= 4 is 37.5 Å². The van der Waals surface area contributed by atoms with Crippen LogP contribution in [0.25, 0.3) is 0 Å². The first kappa shape index (κ1) is 14.8. The summed E-state index contributed by atoms with van der Waals surface area (Å²) >= 11 is 3.29. The third-order valence-corrected chi connectivity index (χ3v) is 4.69. The Labute approximate surface area is 126 Å².